The molecular weight excluding hydrogens is 320 g/mol. The fourth-order valence-electron chi connectivity index (χ4n) is 2.04. The summed E-state index contributed by atoms with van der Waals surface area (Å²) in [4.78, 5) is 40.4. The molecule has 128 valence electrons. The number of benzene rings is 2. The van der Waals surface area contributed by atoms with Gasteiger partial charge in [-0.15, -0.1) is 0 Å². The Hall–Kier alpha value is -3.28. The molecular formula is C19H18N2O4. The Labute approximate surface area is 145 Å². The minimum absolute atomic E-state index is 0.00981. The van der Waals surface area contributed by atoms with Crippen molar-refractivity contribution in [1.29, 1.82) is 0 Å². The van der Waals surface area contributed by atoms with Crippen molar-refractivity contribution in [1.82, 2.24) is 0 Å². The van der Waals surface area contributed by atoms with Gasteiger partial charge in [-0.3, -0.25) is 9.59 Å². The normalized spacial score (nSPS) is 11.0. The summed E-state index contributed by atoms with van der Waals surface area (Å²) in [6, 6.07) is 15.2. The number of carbonyl (C=O) groups is 3. The van der Waals surface area contributed by atoms with E-state index >= 15 is 0 Å². The van der Waals surface area contributed by atoms with E-state index in [9.17, 15) is 14.4 Å². The van der Waals surface area contributed by atoms with E-state index in [0.29, 0.717) is 11.1 Å². The van der Waals surface area contributed by atoms with Crippen molar-refractivity contribution in [2.75, 3.05) is 0 Å². The highest BCUT2D eigenvalue weighted by molar-refractivity contribution is 6.46. The van der Waals surface area contributed by atoms with Crippen LogP contribution < -0.4 is 5.73 Å². The van der Waals surface area contributed by atoms with Crippen molar-refractivity contribution in [2.24, 2.45) is 10.9 Å². The molecule has 0 aliphatic heterocycles. The summed E-state index contributed by atoms with van der Waals surface area (Å²) in [7, 11) is 0. The number of rotatable bonds is 7. The number of hydrogen-bond acceptors (Lipinski definition) is 5. The molecule has 1 amide bonds. The van der Waals surface area contributed by atoms with Gasteiger partial charge in [0.1, 0.15) is 5.71 Å². The standard InChI is InChI=1S/C19H18N2O4/c1-13-7-9-14(10-8-13)18(23)16(11-12-17(20)22)21-25-19(24)15-5-3-2-4-6-15/h2-10H,11-12H2,1H3,(H2,20,22)/b21-16+. The Bertz CT molecular complexity index is 796. The molecule has 2 N–H and O–H groups in total. The number of hydrogen-bond donors (Lipinski definition) is 1. The lowest BCUT2D eigenvalue weighted by atomic mass is 10.0. The molecule has 25 heavy (non-hydrogen) atoms. The van der Waals surface area contributed by atoms with E-state index < -0.39 is 17.7 Å². The maximum atomic E-state index is 12.5. The van der Waals surface area contributed by atoms with Crippen LogP contribution in [0.15, 0.2) is 59.8 Å². The smallest absolute Gasteiger partial charge is 0.365 e. The molecule has 0 aliphatic carbocycles. The van der Waals surface area contributed by atoms with Crippen molar-refractivity contribution < 1.29 is 19.2 Å². The number of oxime groups is 1. The maximum Gasteiger partial charge on any atom is 0.365 e. The molecule has 0 aliphatic rings. The third-order valence-electron chi connectivity index (χ3n) is 3.43. The Morgan fingerprint density at radius 2 is 1.56 bits per heavy atom. The van der Waals surface area contributed by atoms with Gasteiger partial charge in [0.2, 0.25) is 11.7 Å². The number of nitrogens with two attached hydrogens (primary N) is 1. The van der Waals surface area contributed by atoms with Crippen LogP contribution in [0, 0.1) is 6.92 Å². The maximum absolute atomic E-state index is 12.5. The number of Topliss-reactive ketones (excluding diaryl/α,β-unsaturated/α-hetero) is 1. The van der Waals surface area contributed by atoms with Crippen molar-refractivity contribution in [3.63, 3.8) is 0 Å². The molecule has 0 unspecified atom stereocenters. The second kappa shape index (κ2) is 8.54. The third kappa shape index (κ3) is 5.39. The number of carbonyl (C=O) groups excluding carboxylic acids is 3. The van der Waals surface area contributed by atoms with Crippen molar-refractivity contribution in [3.8, 4) is 0 Å². The minimum Gasteiger partial charge on any atom is -0.370 e. The van der Waals surface area contributed by atoms with E-state index in [-0.39, 0.29) is 18.6 Å². The molecule has 0 heterocycles. The number of ketones is 1. The zero-order valence-electron chi connectivity index (χ0n) is 13.8. The molecule has 6 nitrogen and oxygen atoms in total. The fraction of sp³-hybridized carbons (Fsp3) is 0.158. The molecule has 2 aromatic rings. The van der Waals surface area contributed by atoms with Gasteiger partial charge in [-0.2, -0.15) is 0 Å². The Morgan fingerprint density at radius 3 is 2.16 bits per heavy atom. The first-order valence-electron chi connectivity index (χ1n) is 7.70. The van der Waals surface area contributed by atoms with E-state index in [2.05, 4.69) is 5.16 Å². The first kappa shape index (κ1) is 18.1. The average Bonchev–Trinajstić information content (AvgIpc) is 2.62. The largest absolute Gasteiger partial charge is 0.370 e. The van der Waals surface area contributed by atoms with Gasteiger partial charge in [0.25, 0.3) is 0 Å². The molecule has 2 aromatic carbocycles. The van der Waals surface area contributed by atoms with Crippen LogP contribution in [0.3, 0.4) is 0 Å². The minimum atomic E-state index is -0.686. The second-order valence-corrected chi connectivity index (χ2v) is 5.44. The summed E-state index contributed by atoms with van der Waals surface area (Å²) in [6.07, 6.45) is -0.0799. The first-order chi connectivity index (χ1) is 12.0. The van der Waals surface area contributed by atoms with Crippen LogP contribution in [-0.2, 0) is 9.63 Å². The van der Waals surface area contributed by atoms with Crippen LogP contribution in [0.25, 0.3) is 0 Å². The predicted octanol–water partition coefficient (Wildman–Crippen LogP) is 2.66. The summed E-state index contributed by atoms with van der Waals surface area (Å²) in [6.45, 7) is 1.90. The van der Waals surface area contributed by atoms with Crippen LogP contribution >= 0.6 is 0 Å². The van der Waals surface area contributed by atoms with Gasteiger partial charge in [-0.1, -0.05) is 53.2 Å². The van der Waals surface area contributed by atoms with Gasteiger partial charge in [-0.25, -0.2) is 4.79 Å². The Kier molecular flexibility index (Phi) is 6.17. The van der Waals surface area contributed by atoms with Gasteiger partial charge in [-0.05, 0) is 19.1 Å². The highest BCUT2D eigenvalue weighted by atomic mass is 16.7. The molecule has 0 aromatic heterocycles. The van der Waals surface area contributed by atoms with Gasteiger partial charge in [0.05, 0.1) is 5.56 Å². The first-order valence-corrected chi connectivity index (χ1v) is 7.70. The van der Waals surface area contributed by atoms with Crippen molar-refractivity contribution in [2.45, 2.75) is 19.8 Å². The third-order valence-corrected chi connectivity index (χ3v) is 3.43. The van der Waals surface area contributed by atoms with Crippen molar-refractivity contribution >= 4 is 23.4 Å². The van der Waals surface area contributed by atoms with Crippen LogP contribution in [0.1, 0.15) is 39.1 Å². The zero-order valence-corrected chi connectivity index (χ0v) is 13.8. The van der Waals surface area contributed by atoms with E-state index in [1.807, 2.05) is 6.92 Å². The van der Waals surface area contributed by atoms with E-state index in [4.69, 9.17) is 10.6 Å². The van der Waals surface area contributed by atoms with Gasteiger partial charge >= 0.3 is 5.97 Å². The zero-order chi connectivity index (χ0) is 18.2. The topological polar surface area (TPSA) is 98.8 Å². The molecule has 0 atom stereocenters. The quantitative estimate of drug-likeness (QED) is 0.363. The van der Waals surface area contributed by atoms with Crippen LogP contribution in [0.2, 0.25) is 0 Å². The van der Waals surface area contributed by atoms with Crippen LogP contribution in [0.4, 0.5) is 0 Å². The highest BCUT2D eigenvalue weighted by Crippen LogP contribution is 2.09. The lowest BCUT2D eigenvalue weighted by molar-refractivity contribution is -0.117. The van der Waals surface area contributed by atoms with E-state index in [1.54, 1.807) is 54.6 Å². The summed E-state index contributed by atoms with van der Waals surface area (Å²) >= 11 is 0. The van der Waals surface area contributed by atoms with E-state index in [1.165, 1.54) is 0 Å². The second-order valence-electron chi connectivity index (χ2n) is 5.44. The molecule has 0 fully saturated rings. The molecule has 0 saturated carbocycles. The van der Waals surface area contributed by atoms with Crippen LogP contribution in [-0.4, -0.2) is 23.4 Å². The molecule has 0 saturated heterocycles. The number of aryl methyl sites for hydroxylation is 1. The molecule has 0 spiro atoms. The molecule has 0 radical (unpaired) electrons. The summed E-state index contributed by atoms with van der Waals surface area (Å²) < 4.78 is 0. The predicted molar refractivity (Wildman–Crippen MR) is 93.2 cm³/mol. The highest BCUT2D eigenvalue weighted by Gasteiger charge is 2.17. The van der Waals surface area contributed by atoms with Crippen molar-refractivity contribution in [3.05, 3.63) is 71.3 Å². The summed E-state index contributed by atoms with van der Waals surface area (Å²) in [5, 5.41) is 3.68. The number of amides is 1. The Morgan fingerprint density at radius 1 is 0.920 bits per heavy atom. The summed E-state index contributed by atoms with van der Waals surface area (Å²) in [5.41, 5.74) is 6.80. The number of primary amides is 1. The fourth-order valence-corrected chi connectivity index (χ4v) is 2.04. The van der Waals surface area contributed by atoms with Gasteiger partial charge in [0.15, 0.2) is 0 Å². The summed E-state index contributed by atoms with van der Waals surface area (Å²) in [5.74, 6) is -1.67. The van der Waals surface area contributed by atoms with E-state index in [0.717, 1.165) is 5.56 Å². The monoisotopic (exact) mass is 338 g/mol. The van der Waals surface area contributed by atoms with Crippen LogP contribution in [0.5, 0.6) is 0 Å². The number of nitrogens with zero attached hydrogens (tertiary/aromatic N) is 1. The molecule has 0 bridgehead atoms. The van der Waals surface area contributed by atoms with Gasteiger partial charge in [0, 0.05) is 18.4 Å². The SMILES string of the molecule is Cc1ccc(C(=O)/C(CCC(N)=O)=N/OC(=O)c2ccccc2)cc1. The lowest BCUT2D eigenvalue weighted by Gasteiger charge is -2.05. The average molecular weight is 338 g/mol. The lowest BCUT2D eigenvalue weighted by Crippen LogP contribution is -2.20. The molecule has 2 rings (SSSR count). The molecule has 6 heteroatoms. The Balaban J connectivity index is 2.19. The van der Waals surface area contributed by atoms with Gasteiger partial charge < -0.3 is 10.6 Å².